The van der Waals surface area contributed by atoms with Crippen molar-refractivity contribution < 1.29 is 15.0 Å². The molecule has 14 heavy (non-hydrogen) atoms. The monoisotopic (exact) mass is 218 g/mol. The molecule has 0 aromatic heterocycles. The van der Waals surface area contributed by atoms with Gasteiger partial charge in [-0.15, -0.1) is 11.8 Å². The van der Waals surface area contributed by atoms with Crippen molar-refractivity contribution in [2.24, 2.45) is 0 Å². The van der Waals surface area contributed by atoms with E-state index in [-0.39, 0.29) is 43.7 Å². The zero-order chi connectivity index (χ0) is 10.8. The Morgan fingerprint density at radius 2 is 1.93 bits per heavy atom. The zero-order valence-corrected chi connectivity index (χ0v) is 8.66. The Balaban J connectivity index is 3.83. The molecule has 0 aromatic rings. The van der Waals surface area contributed by atoms with Gasteiger partial charge in [-0.05, 0) is 0 Å². The van der Waals surface area contributed by atoms with Crippen molar-refractivity contribution in [3.8, 4) is 6.07 Å². The van der Waals surface area contributed by atoms with Crippen LogP contribution in [0.5, 0.6) is 0 Å². The highest BCUT2D eigenvalue weighted by Gasteiger charge is 2.11. The lowest BCUT2D eigenvalue weighted by Gasteiger charge is -2.19. The third kappa shape index (κ3) is 5.80. The molecule has 0 heterocycles. The van der Waals surface area contributed by atoms with Gasteiger partial charge in [-0.2, -0.15) is 5.26 Å². The van der Waals surface area contributed by atoms with Crippen LogP contribution in [0.4, 0.5) is 0 Å². The van der Waals surface area contributed by atoms with Crippen LogP contribution in [0, 0.1) is 11.3 Å². The van der Waals surface area contributed by atoms with Crippen LogP contribution in [0.25, 0.3) is 0 Å². The summed E-state index contributed by atoms with van der Waals surface area (Å²) in [6.45, 7) is 0.225. The van der Waals surface area contributed by atoms with Crippen LogP contribution in [-0.2, 0) is 4.79 Å². The third-order valence-electron chi connectivity index (χ3n) is 1.48. The molecule has 0 radical (unpaired) electrons. The molecule has 80 valence electrons. The molecule has 6 heteroatoms. The van der Waals surface area contributed by atoms with Gasteiger partial charge in [0.25, 0.3) is 0 Å². The van der Waals surface area contributed by atoms with Gasteiger partial charge in [-0.3, -0.25) is 4.79 Å². The highest BCUT2D eigenvalue weighted by Crippen LogP contribution is 2.01. The highest BCUT2D eigenvalue weighted by molar-refractivity contribution is 8.00. The Kier molecular flexibility index (Phi) is 8.33. The van der Waals surface area contributed by atoms with Gasteiger partial charge in [0.05, 0.1) is 30.8 Å². The summed E-state index contributed by atoms with van der Waals surface area (Å²) in [6, 6.07) is 1.92. The first-order valence-electron chi connectivity index (χ1n) is 4.20. The van der Waals surface area contributed by atoms with E-state index in [0.717, 1.165) is 0 Å². The fourth-order valence-electron chi connectivity index (χ4n) is 0.878. The number of hydrogen-bond donors (Lipinski definition) is 2. The average molecular weight is 218 g/mol. The van der Waals surface area contributed by atoms with Crippen molar-refractivity contribution in [3.63, 3.8) is 0 Å². The van der Waals surface area contributed by atoms with Crippen LogP contribution in [0.2, 0.25) is 0 Å². The molecule has 0 saturated carbocycles. The average Bonchev–Trinajstić information content (AvgIpc) is 2.18. The van der Waals surface area contributed by atoms with Crippen LogP contribution >= 0.6 is 11.8 Å². The Hall–Kier alpha value is -0.770. The minimum Gasteiger partial charge on any atom is -0.395 e. The van der Waals surface area contributed by atoms with Crippen molar-refractivity contribution in [1.82, 2.24) is 4.90 Å². The van der Waals surface area contributed by atoms with Gasteiger partial charge in [-0.25, -0.2) is 0 Å². The van der Waals surface area contributed by atoms with Crippen LogP contribution in [-0.4, -0.2) is 58.8 Å². The Bertz CT molecular complexity index is 199. The van der Waals surface area contributed by atoms with Gasteiger partial charge >= 0.3 is 0 Å². The second-order valence-electron chi connectivity index (χ2n) is 2.48. The molecule has 5 nitrogen and oxygen atoms in total. The Morgan fingerprint density at radius 1 is 1.36 bits per heavy atom. The first-order valence-corrected chi connectivity index (χ1v) is 5.36. The first kappa shape index (κ1) is 13.2. The first-order chi connectivity index (χ1) is 6.76. The Morgan fingerprint density at radius 3 is 2.36 bits per heavy atom. The summed E-state index contributed by atoms with van der Waals surface area (Å²) >= 11 is 1.23. The van der Waals surface area contributed by atoms with Crippen LogP contribution in [0.15, 0.2) is 0 Å². The van der Waals surface area contributed by atoms with Gasteiger partial charge in [-0.1, -0.05) is 0 Å². The molecular formula is C8H14N2O3S. The van der Waals surface area contributed by atoms with Crippen molar-refractivity contribution in [2.75, 3.05) is 37.8 Å². The predicted molar refractivity (Wildman–Crippen MR) is 53.7 cm³/mol. The van der Waals surface area contributed by atoms with Crippen LogP contribution < -0.4 is 0 Å². The van der Waals surface area contributed by atoms with E-state index in [1.807, 2.05) is 6.07 Å². The SMILES string of the molecule is N#CCSCC(=O)N(CCO)CCO. The quantitative estimate of drug-likeness (QED) is 0.539. The summed E-state index contributed by atoms with van der Waals surface area (Å²) in [5.41, 5.74) is 0. The maximum Gasteiger partial charge on any atom is 0.232 e. The molecule has 0 aliphatic carbocycles. The van der Waals surface area contributed by atoms with E-state index < -0.39 is 0 Å². The number of aliphatic hydroxyl groups excluding tert-OH is 2. The molecule has 2 N–H and O–H groups in total. The molecule has 0 bridgehead atoms. The number of nitriles is 1. The summed E-state index contributed by atoms with van der Waals surface area (Å²) in [6.07, 6.45) is 0. The van der Waals surface area contributed by atoms with Gasteiger partial charge in [0.2, 0.25) is 5.91 Å². The van der Waals surface area contributed by atoms with E-state index in [0.29, 0.717) is 0 Å². The van der Waals surface area contributed by atoms with Crippen LogP contribution in [0.1, 0.15) is 0 Å². The zero-order valence-electron chi connectivity index (χ0n) is 7.85. The van der Waals surface area contributed by atoms with Gasteiger partial charge in [0, 0.05) is 13.1 Å². The number of rotatable bonds is 7. The maximum absolute atomic E-state index is 11.4. The van der Waals surface area contributed by atoms with E-state index in [1.54, 1.807) is 0 Å². The van der Waals surface area contributed by atoms with E-state index in [4.69, 9.17) is 15.5 Å². The van der Waals surface area contributed by atoms with Crippen molar-refractivity contribution in [1.29, 1.82) is 5.26 Å². The number of carbonyl (C=O) groups is 1. The topological polar surface area (TPSA) is 84.6 Å². The molecule has 1 amide bonds. The van der Waals surface area contributed by atoms with Gasteiger partial charge in [0.15, 0.2) is 0 Å². The molecule has 0 spiro atoms. The number of thioether (sulfide) groups is 1. The molecule has 0 aromatic carbocycles. The summed E-state index contributed by atoms with van der Waals surface area (Å²) in [5.74, 6) is 0.333. The predicted octanol–water partition coefficient (Wildman–Crippen LogP) is -0.944. The smallest absolute Gasteiger partial charge is 0.232 e. The fourth-order valence-corrected chi connectivity index (χ4v) is 1.43. The molecule has 0 rings (SSSR count). The normalized spacial score (nSPS) is 9.50. The number of hydrogen-bond acceptors (Lipinski definition) is 5. The minimum atomic E-state index is -0.159. The summed E-state index contributed by atoms with van der Waals surface area (Å²) in [4.78, 5) is 12.8. The van der Waals surface area contributed by atoms with Gasteiger partial charge in [0.1, 0.15) is 0 Å². The number of carbonyl (C=O) groups excluding carboxylic acids is 1. The van der Waals surface area contributed by atoms with Crippen molar-refractivity contribution >= 4 is 17.7 Å². The number of nitrogens with zero attached hydrogens (tertiary/aromatic N) is 2. The van der Waals surface area contributed by atoms with Crippen molar-refractivity contribution in [2.45, 2.75) is 0 Å². The standard InChI is InChI=1S/C8H14N2O3S/c9-1-6-14-7-8(13)10(2-4-11)3-5-12/h11-12H,2-7H2. The second-order valence-corrected chi connectivity index (χ2v) is 3.46. The lowest BCUT2D eigenvalue weighted by Crippen LogP contribution is -2.37. The third-order valence-corrected chi connectivity index (χ3v) is 2.27. The lowest BCUT2D eigenvalue weighted by atomic mass is 10.4. The number of amides is 1. The Labute approximate surface area is 87.3 Å². The van der Waals surface area contributed by atoms with E-state index >= 15 is 0 Å². The molecular weight excluding hydrogens is 204 g/mol. The van der Waals surface area contributed by atoms with Crippen molar-refractivity contribution in [3.05, 3.63) is 0 Å². The number of aliphatic hydroxyl groups is 2. The summed E-state index contributed by atoms with van der Waals surface area (Å²) in [7, 11) is 0. The minimum absolute atomic E-state index is 0.116. The molecule has 0 saturated heterocycles. The molecule has 0 fully saturated rings. The highest BCUT2D eigenvalue weighted by atomic mass is 32.2. The molecule has 0 atom stereocenters. The van der Waals surface area contributed by atoms with E-state index in [2.05, 4.69) is 0 Å². The molecule has 0 aliphatic rings. The van der Waals surface area contributed by atoms with Gasteiger partial charge < -0.3 is 15.1 Å². The fraction of sp³-hybridized carbons (Fsp3) is 0.750. The lowest BCUT2D eigenvalue weighted by molar-refractivity contribution is -0.129. The summed E-state index contributed by atoms with van der Waals surface area (Å²) < 4.78 is 0. The molecule has 0 unspecified atom stereocenters. The van der Waals surface area contributed by atoms with Crippen LogP contribution in [0.3, 0.4) is 0 Å². The summed E-state index contributed by atoms with van der Waals surface area (Å²) in [5, 5.41) is 25.5. The molecule has 0 aliphatic heterocycles. The van der Waals surface area contributed by atoms with E-state index in [1.165, 1.54) is 16.7 Å². The second kappa shape index (κ2) is 8.81. The maximum atomic E-state index is 11.4. The largest absolute Gasteiger partial charge is 0.395 e. The van der Waals surface area contributed by atoms with E-state index in [9.17, 15) is 4.79 Å².